The first-order chi connectivity index (χ1) is 53.3. The van der Waals surface area contributed by atoms with Crippen LogP contribution in [-0.2, 0) is 113 Å². The zero-order chi connectivity index (χ0) is 80.2. The number of carbonyl (C=O) groups is 11. The van der Waals surface area contributed by atoms with Gasteiger partial charge in [0.1, 0.15) is 63.7 Å². The van der Waals surface area contributed by atoms with Gasteiger partial charge in [0.15, 0.2) is 5.60 Å². The number of aliphatic carboxylic acids is 1. The van der Waals surface area contributed by atoms with Crippen molar-refractivity contribution in [2.75, 3.05) is 97.8 Å². The molecule has 0 saturated carbocycles. The molecule has 2 aliphatic heterocycles. The molecule has 601 valence electrons. The lowest BCUT2D eigenvalue weighted by molar-refractivity contribution is -0.172. The Hall–Kier alpha value is -10.0. The molecule has 36 heteroatoms. The summed E-state index contributed by atoms with van der Waals surface area (Å²) < 4.78 is 60.6. The van der Waals surface area contributed by atoms with E-state index in [1.165, 1.54) is 34.9 Å². The predicted octanol–water partition coefficient (Wildman–Crippen LogP) is 1.68. The van der Waals surface area contributed by atoms with E-state index in [1.54, 1.807) is 33.8 Å². The van der Waals surface area contributed by atoms with E-state index in [2.05, 4.69) is 69.9 Å². The van der Waals surface area contributed by atoms with Gasteiger partial charge in [0.05, 0.1) is 104 Å². The van der Waals surface area contributed by atoms with E-state index >= 15 is 4.39 Å². The highest BCUT2D eigenvalue weighted by Crippen LogP contribution is 2.46. The number of esters is 1. The van der Waals surface area contributed by atoms with Gasteiger partial charge in [-0.05, 0) is 111 Å². The lowest BCUT2D eigenvalue weighted by Crippen LogP contribution is -2.57. The maximum atomic E-state index is 15.4. The summed E-state index contributed by atoms with van der Waals surface area (Å²) >= 11 is 0. The Labute approximate surface area is 643 Å². The molecule has 4 aromatic rings. The standard InChI is InChI=1S/C75H98FN12O22Si/c1-5-75(102)52-34-57-66-50(37-88(57)71(98)51(52)39-109-72(75)99)64-54(21-19-48-44(4)53(76)35-56(84-66)63(48)64)83-61(92)40-107-42-81-59(90)36-80-74(101)110-38-45-15-17-46(18-16-45)82-68(96)55(14-11-24-79-73(77)100)85-69(97)65(43(2)3)87-67(95)49(20-22-62(93)94)70(111)86-58(89)23-26-103-28-30-105-32-33-106-31-29-104-27-25-78-60(91)41-108-47-12-9-7-6-8-10-13-47/h15-18,34-35,43,47,49,54-55,65,70,102H,5-9,11-12,14,19-33,36-42H2,1-4H3,(H,78,91)(H,80,101)(H,81,90)(H,82,96)(H,83,92)(H,85,97)(H,86,89)(H,87,95)(H,93,94)(H3,77,79,100)/t47?,49-,54-,55-,65-,70?,75-/m0/s1. The van der Waals surface area contributed by atoms with Crippen LogP contribution < -0.4 is 59.1 Å². The quantitative estimate of drug-likeness (QED) is 0.00867. The second-order valence-electron chi connectivity index (χ2n) is 27.3. The second kappa shape index (κ2) is 43.0. The molecule has 4 aliphatic rings. The average molecular weight is 1570 g/mol. The molecule has 111 heavy (non-hydrogen) atoms. The molecule has 2 unspecified atom stereocenters. The molecule has 0 fully saturated rings. The minimum absolute atomic E-state index is 0.0142. The fraction of sp³-hybridized carbons (Fsp3) is 0.560. The van der Waals surface area contributed by atoms with Crippen molar-refractivity contribution in [2.45, 2.75) is 166 Å². The number of halogens is 1. The van der Waals surface area contributed by atoms with Crippen LogP contribution in [-0.4, -0.2) is 212 Å². The third-order valence-corrected chi connectivity index (χ3v) is 19.5. The molecule has 7 atom stereocenters. The van der Waals surface area contributed by atoms with Crippen molar-refractivity contribution in [3.8, 4) is 23.2 Å². The van der Waals surface area contributed by atoms with E-state index in [0.717, 1.165) is 32.1 Å². The average Bonchev–Trinajstić information content (AvgIpc) is 1.58. The predicted molar refractivity (Wildman–Crippen MR) is 396 cm³/mol. The number of ether oxygens (including phenoxy) is 8. The summed E-state index contributed by atoms with van der Waals surface area (Å²) in [5.41, 5.74) is 5.87. The topological polar surface area (TPSA) is 471 Å². The molecule has 10 amide bonds. The van der Waals surface area contributed by atoms with Crippen LogP contribution in [0.25, 0.3) is 22.3 Å². The zero-order valence-corrected chi connectivity index (χ0v) is 63.6. The Bertz CT molecular complexity index is 4140. The lowest BCUT2D eigenvalue weighted by Gasteiger charge is -2.31. The number of hydrogen-bond donors (Lipinski definition) is 12. The van der Waals surface area contributed by atoms with E-state index in [0.29, 0.717) is 95.9 Å². The molecular formula is C75H98FN12O22Si. The van der Waals surface area contributed by atoms with Gasteiger partial charge in [-0.25, -0.2) is 23.8 Å². The number of aliphatic hydroxyl groups is 1. The van der Waals surface area contributed by atoms with Gasteiger partial charge in [-0.3, -0.25) is 43.2 Å². The molecule has 0 bridgehead atoms. The largest absolute Gasteiger partial charge is 0.481 e. The molecule has 4 heterocycles. The van der Waals surface area contributed by atoms with Crippen LogP contribution in [0.2, 0.25) is 0 Å². The van der Waals surface area contributed by atoms with Crippen LogP contribution in [0.5, 0.6) is 0 Å². The Balaban J connectivity index is 0.721. The first kappa shape index (κ1) is 86.6. The number of cyclic esters (lactones) is 1. The zero-order valence-electron chi connectivity index (χ0n) is 62.6. The number of fused-ring (bicyclic) bond motifs is 5. The molecule has 2 aliphatic carbocycles. The van der Waals surface area contributed by atoms with E-state index in [9.17, 15) is 67.7 Å². The number of nitrogens with two attached hydrogens (primary N) is 1. The molecule has 13 N–H and O–H groups in total. The number of aryl methyl sites for hydroxylation is 1. The van der Waals surface area contributed by atoms with E-state index < -0.39 is 138 Å². The molecule has 0 spiro atoms. The van der Waals surface area contributed by atoms with Crippen LogP contribution in [0.1, 0.15) is 143 Å². The summed E-state index contributed by atoms with van der Waals surface area (Å²) in [6.07, 6.45) is 3.66. The number of rotatable bonds is 44. The maximum absolute atomic E-state index is 15.4. The fourth-order valence-electron chi connectivity index (χ4n) is 13.0. The highest BCUT2D eigenvalue weighted by Gasteiger charge is 2.46. The highest BCUT2D eigenvalue weighted by atomic mass is 28.1. The van der Waals surface area contributed by atoms with Crippen molar-refractivity contribution < 1.29 is 105 Å². The van der Waals surface area contributed by atoms with E-state index in [4.69, 9.17) is 48.6 Å². The summed E-state index contributed by atoms with van der Waals surface area (Å²) in [6.45, 7) is 6.63. The first-order valence-corrected chi connectivity index (χ1v) is 37.6. The Kier molecular flexibility index (Phi) is 33.5. The Morgan fingerprint density at radius 2 is 1.50 bits per heavy atom. The third kappa shape index (κ3) is 25.3. The summed E-state index contributed by atoms with van der Waals surface area (Å²) in [6, 6.07) is 4.91. The molecule has 8 rings (SSSR count). The molecule has 0 saturated heterocycles. The Morgan fingerprint density at radius 1 is 0.775 bits per heavy atom. The highest BCUT2D eigenvalue weighted by molar-refractivity contribution is 6.15. The SMILES string of the molecule is CC[C@@]1(O)C(=O)OCc2c1cc1n(c2=O)Cc2c-1nc1cc(F)c(C)c3c1c2[C@@H](NC(=O)COCNC(=O)CNC(=O)OCc1ccc(NC(=O)[C@H](CCCNC(N)=O)NC(=O)[C@@H](NC(=O)[C@H](CCC(=O)O)C([Si])NC(=O)CCOCCOCCOCCOCCNC(=O)COC2C#CCCCCC2)C(C)C)cc1)CC3. The number of primary amides is 1. The maximum Gasteiger partial charge on any atom is 0.407 e. The van der Waals surface area contributed by atoms with Crippen LogP contribution in [0.4, 0.5) is 19.7 Å². The van der Waals surface area contributed by atoms with Gasteiger partial charge in [-0.1, -0.05) is 45.2 Å². The van der Waals surface area contributed by atoms with Crippen LogP contribution in [0, 0.1) is 36.4 Å². The number of pyridine rings is 2. The molecule has 2 aromatic carbocycles. The van der Waals surface area contributed by atoms with Gasteiger partial charge in [0.25, 0.3) is 5.56 Å². The third-order valence-electron chi connectivity index (χ3n) is 19.0. The van der Waals surface area contributed by atoms with Gasteiger partial charge < -0.3 is 106 Å². The number of urea groups is 1. The minimum atomic E-state index is -2.07. The number of nitrogens with zero attached hydrogens (tertiary/aromatic N) is 2. The summed E-state index contributed by atoms with van der Waals surface area (Å²) in [4.78, 5) is 161. The van der Waals surface area contributed by atoms with Gasteiger partial charge in [-0.2, -0.15) is 0 Å². The summed E-state index contributed by atoms with van der Waals surface area (Å²) in [7, 11) is 3.40. The van der Waals surface area contributed by atoms with Crippen molar-refractivity contribution in [3.05, 3.63) is 91.5 Å². The number of carboxylic acid groups (broad SMARTS) is 1. The number of anilines is 1. The second-order valence-corrected chi connectivity index (χ2v) is 27.9. The molecule has 2 aromatic heterocycles. The van der Waals surface area contributed by atoms with Crippen molar-refractivity contribution in [3.63, 3.8) is 0 Å². The monoisotopic (exact) mass is 1570 g/mol. The lowest BCUT2D eigenvalue weighted by atomic mass is 9.81. The van der Waals surface area contributed by atoms with E-state index in [1.807, 2.05) is 0 Å². The van der Waals surface area contributed by atoms with Crippen molar-refractivity contribution in [2.24, 2.45) is 17.6 Å². The number of benzene rings is 2. The van der Waals surface area contributed by atoms with E-state index in [-0.39, 0.29) is 120 Å². The first-order valence-electron chi connectivity index (χ1n) is 37.1. The minimum Gasteiger partial charge on any atom is -0.481 e. The number of hydrogen-bond acceptors (Lipinski definition) is 22. The summed E-state index contributed by atoms with van der Waals surface area (Å²) in [5, 5.41) is 45.2. The Morgan fingerprint density at radius 3 is 2.20 bits per heavy atom. The van der Waals surface area contributed by atoms with Gasteiger partial charge >= 0.3 is 24.1 Å². The number of alkyl carbamates (subject to hydrolysis) is 1. The molecule has 34 nitrogen and oxygen atoms in total. The number of carboxylic acids is 1. The van der Waals surface area contributed by atoms with Crippen LogP contribution in [0.15, 0.2) is 41.2 Å². The normalized spacial score (nSPS) is 17.1. The number of amides is 10. The van der Waals surface area contributed by atoms with Crippen LogP contribution >= 0.6 is 0 Å². The van der Waals surface area contributed by atoms with Gasteiger partial charge in [0, 0.05) is 66.3 Å². The van der Waals surface area contributed by atoms with Crippen molar-refractivity contribution in [1.29, 1.82) is 0 Å². The molecule has 3 radical (unpaired) electrons. The van der Waals surface area contributed by atoms with Crippen LogP contribution in [0.3, 0.4) is 0 Å². The van der Waals surface area contributed by atoms with Crippen molar-refractivity contribution >= 4 is 92.2 Å². The van der Waals surface area contributed by atoms with Crippen molar-refractivity contribution in [1.82, 2.24) is 52.1 Å². The number of nitrogens with one attached hydrogen (secondary N) is 9. The fourth-order valence-corrected chi connectivity index (χ4v) is 13.5. The smallest absolute Gasteiger partial charge is 0.407 e. The van der Waals surface area contributed by atoms with Gasteiger partial charge in [-0.15, -0.1) is 5.92 Å². The summed E-state index contributed by atoms with van der Waals surface area (Å²) in [5.74, 6) is -2.49. The number of aromatic nitrogens is 2. The molecular weight excluding hydrogens is 1470 g/mol. The van der Waals surface area contributed by atoms with Gasteiger partial charge in [0.2, 0.25) is 41.4 Å². The number of carbonyl (C=O) groups excluding carboxylic acids is 10.